The van der Waals surface area contributed by atoms with Gasteiger partial charge in [-0.05, 0) is 31.5 Å². The molecule has 1 aliphatic heterocycles. The topological polar surface area (TPSA) is 78.7 Å². The summed E-state index contributed by atoms with van der Waals surface area (Å²) in [5, 5.41) is 3.37. The SMILES string of the molecule is CCCC(C)(N)C(=O)NCC(=O)N1CCN(c2cccc(Cl)c2)CC1.Cl. The molecule has 0 bridgehead atoms. The summed E-state index contributed by atoms with van der Waals surface area (Å²) in [4.78, 5) is 28.4. The second-order valence-electron chi connectivity index (χ2n) is 6.70. The highest BCUT2D eigenvalue weighted by Crippen LogP contribution is 2.20. The predicted octanol–water partition coefficient (Wildman–Crippen LogP) is 2.04. The van der Waals surface area contributed by atoms with Gasteiger partial charge >= 0.3 is 0 Å². The van der Waals surface area contributed by atoms with Crippen LogP contribution in [-0.2, 0) is 9.59 Å². The molecule has 0 spiro atoms. The van der Waals surface area contributed by atoms with Crippen molar-refractivity contribution < 1.29 is 9.59 Å². The molecular formula is C18H28Cl2N4O2. The van der Waals surface area contributed by atoms with Crippen molar-refractivity contribution in [2.75, 3.05) is 37.6 Å². The largest absolute Gasteiger partial charge is 0.368 e. The number of hydrogen-bond acceptors (Lipinski definition) is 4. The molecule has 146 valence electrons. The van der Waals surface area contributed by atoms with E-state index in [0.717, 1.165) is 25.2 Å². The first-order valence-electron chi connectivity index (χ1n) is 8.69. The second kappa shape index (κ2) is 10.00. The van der Waals surface area contributed by atoms with Gasteiger partial charge in [0.1, 0.15) is 0 Å². The molecule has 2 rings (SSSR count). The van der Waals surface area contributed by atoms with E-state index in [1.165, 1.54) is 0 Å². The molecule has 1 atom stereocenters. The third kappa shape index (κ3) is 6.04. The van der Waals surface area contributed by atoms with Crippen molar-refractivity contribution in [2.24, 2.45) is 5.73 Å². The summed E-state index contributed by atoms with van der Waals surface area (Å²) in [6, 6.07) is 7.70. The number of halogens is 2. The van der Waals surface area contributed by atoms with Gasteiger partial charge in [0, 0.05) is 36.9 Å². The molecule has 1 aromatic carbocycles. The van der Waals surface area contributed by atoms with Crippen molar-refractivity contribution in [3.63, 3.8) is 0 Å². The molecule has 1 aliphatic rings. The Morgan fingerprint density at radius 1 is 1.27 bits per heavy atom. The molecular weight excluding hydrogens is 375 g/mol. The van der Waals surface area contributed by atoms with Crippen LogP contribution in [0, 0.1) is 0 Å². The van der Waals surface area contributed by atoms with E-state index >= 15 is 0 Å². The van der Waals surface area contributed by atoms with E-state index in [1.54, 1.807) is 11.8 Å². The normalized spacial score (nSPS) is 16.5. The smallest absolute Gasteiger partial charge is 0.242 e. The molecule has 0 saturated carbocycles. The van der Waals surface area contributed by atoms with Crippen LogP contribution >= 0.6 is 24.0 Å². The van der Waals surface area contributed by atoms with E-state index in [4.69, 9.17) is 17.3 Å². The zero-order valence-corrected chi connectivity index (χ0v) is 16.9. The van der Waals surface area contributed by atoms with Gasteiger partial charge in [-0.1, -0.05) is 31.0 Å². The fourth-order valence-corrected chi connectivity index (χ4v) is 3.17. The average Bonchev–Trinajstić information content (AvgIpc) is 2.59. The number of piperazine rings is 1. The minimum Gasteiger partial charge on any atom is -0.368 e. The lowest BCUT2D eigenvalue weighted by molar-refractivity contribution is -0.134. The second-order valence-corrected chi connectivity index (χ2v) is 7.13. The first-order chi connectivity index (χ1) is 11.8. The quantitative estimate of drug-likeness (QED) is 0.762. The predicted molar refractivity (Wildman–Crippen MR) is 108 cm³/mol. The zero-order valence-electron chi connectivity index (χ0n) is 15.3. The van der Waals surface area contributed by atoms with Gasteiger partial charge in [-0.15, -0.1) is 12.4 Å². The van der Waals surface area contributed by atoms with E-state index in [9.17, 15) is 9.59 Å². The van der Waals surface area contributed by atoms with Gasteiger partial charge in [0.15, 0.2) is 0 Å². The monoisotopic (exact) mass is 402 g/mol. The average molecular weight is 403 g/mol. The molecule has 1 aromatic rings. The van der Waals surface area contributed by atoms with Crippen molar-refractivity contribution in [1.29, 1.82) is 0 Å². The number of benzene rings is 1. The summed E-state index contributed by atoms with van der Waals surface area (Å²) in [7, 11) is 0. The van der Waals surface area contributed by atoms with Crippen molar-refractivity contribution in [3.05, 3.63) is 29.3 Å². The Kier molecular flexibility index (Phi) is 8.67. The Balaban J connectivity index is 0.00000338. The first kappa shape index (κ1) is 22.5. The molecule has 6 nitrogen and oxygen atoms in total. The van der Waals surface area contributed by atoms with E-state index in [2.05, 4.69) is 10.2 Å². The summed E-state index contributed by atoms with van der Waals surface area (Å²) >= 11 is 6.03. The molecule has 26 heavy (non-hydrogen) atoms. The molecule has 3 N–H and O–H groups in total. The Morgan fingerprint density at radius 3 is 2.50 bits per heavy atom. The lowest BCUT2D eigenvalue weighted by Crippen LogP contribution is -2.55. The number of rotatable bonds is 6. The Bertz CT molecular complexity index is 617. The van der Waals surface area contributed by atoms with Crippen LogP contribution < -0.4 is 16.0 Å². The van der Waals surface area contributed by atoms with Gasteiger partial charge in [0.05, 0.1) is 12.1 Å². The fraction of sp³-hybridized carbons (Fsp3) is 0.556. The van der Waals surface area contributed by atoms with Crippen molar-refractivity contribution >= 4 is 41.5 Å². The number of carbonyl (C=O) groups excluding carboxylic acids is 2. The number of hydrogen-bond donors (Lipinski definition) is 2. The number of anilines is 1. The van der Waals surface area contributed by atoms with E-state index < -0.39 is 5.54 Å². The van der Waals surface area contributed by atoms with Crippen LogP contribution in [0.15, 0.2) is 24.3 Å². The summed E-state index contributed by atoms with van der Waals surface area (Å²) < 4.78 is 0. The van der Waals surface area contributed by atoms with E-state index in [1.807, 2.05) is 31.2 Å². The Labute approximate surface area is 166 Å². The Morgan fingerprint density at radius 2 is 1.92 bits per heavy atom. The van der Waals surface area contributed by atoms with Crippen LogP contribution in [0.1, 0.15) is 26.7 Å². The summed E-state index contributed by atoms with van der Waals surface area (Å²) in [5.74, 6) is -0.355. The first-order valence-corrected chi connectivity index (χ1v) is 9.07. The van der Waals surface area contributed by atoms with Crippen LogP contribution in [0.2, 0.25) is 5.02 Å². The minimum atomic E-state index is -0.930. The van der Waals surface area contributed by atoms with Crippen LogP contribution in [0.5, 0.6) is 0 Å². The van der Waals surface area contributed by atoms with Crippen LogP contribution in [-0.4, -0.2) is 55.0 Å². The number of amides is 2. The lowest BCUT2D eigenvalue weighted by Gasteiger charge is -2.36. The summed E-state index contributed by atoms with van der Waals surface area (Å²) in [6.45, 7) is 6.39. The van der Waals surface area contributed by atoms with Gasteiger partial charge in [-0.2, -0.15) is 0 Å². The summed E-state index contributed by atoms with van der Waals surface area (Å²) in [5.41, 5.74) is 6.11. The maximum Gasteiger partial charge on any atom is 0.242 e. The Hall–Kier alpha value is -1.50. The van der Waals surface area contributed by atoms with Crippen LogP contribution in [0.25, 0.3) is 0 Å². The molecule has 2 amide bonds. The van der Waals surface area contributed by atoms with E-state index in [0.29, 0.717) is 24.5 Å². The standard InChI is InChI=1S/C18H27ClN4O2.ClH/c1-3-7-18(2,20)17(25)21-13-16(24)23-10-8-22(9-11-23)15-6-4-5-14(19)12-15;/h4-6,12H,3,7-11,13,20H2,1-2H3,(H,21,25);1H. The van der Waals surface area contributed by atoms with Crippen LogP contribution in [0.4, 0.5) is 5.69 Å². The van der Waals surface area contributed by atoms with Gasteiger partial charge < -0.3 is 20.9 Å². The molecule has 8 heteroatoms. The molecule has 1 heterocycles. The van der Waals surface area contributed by atoms with Crippen molar-refractivity contribution in [2.45, 2.75) is 32.2 Å². The lowest BCUT2D eigenvalue weighted by atomic mass is 9.96. The van der Waals surface area contributed by atoms with Crippen molar-refractivity contribution in [1.82, 2.24) is 10.2 Å². The maximum absolute atomic E-state index is 12.3. The number of nitrogens with zero attached hydrogens (tertiary/aromatic N) is 2. The number of nitrogens with one attached hydrogen (secondary N) is 1. The molecule has 0 radical (unpaired) electrons. The molecule has 1 saturated heterocycles. The highest BCUT2D eigenvalue weighted by atomic mass is 35.5. The molecule has 1 unspecified atom stereocenters. The highest BCUT2D eigenvalue weighted by Gasteiger charge is 2.28. The molecule has 1 fully saturated rings. The van der Waals surface area contributed by atoms with Gasteiger partial charge in [-0.25, -0.2) is 0 Å². The number of nitrogens with two attached hydrogens (primary N) is 1. The maximum atomic E-state index is 12.3. The van der Waals surface area contributed by atoms with Gasteiger partial charge in [0.2, 0.25) is 11.8 Å². The highest BCUT2D eigenvalue weighted by molar-refractivity contribution is 6.30. The zero-order chi connectivity index (χ0) is 18.4. The van der Waals surface area contributed by atoms with E-state index in [-0.39, 0.29) is 30.8 Å². The number of carbonyl (C=O) groups is 2. The molecule has 0 aliphatic carbocycles. The fourth-order valence-electron chi connectivity index (χ4n) is 2.99. The third-order valence-corrected chi connectivity index (χ3v) is 4.73. The third-order valence-electron chi connectivity index (χ3n) is 4.49. The minimum absolute atomic E-state index is 0. The van der Waals surface area contributed by atoms with Gasteiger partial charge in [0.25, 0.3) is 0 Å². The summed E-state index contributed by atoms with van der Waals surface area (Å²) in [6.07, 6.45) is 1.41. The van der Waals surface area contributed by atoms with Gasteiger partial charge in [-0.3, -0.25) is 9.59 Å². The molecule has 0 aromatic heterocycles. The van der Waals surface area contributed by atoms with Crippen molar-refractivity contribution in [3.8, 4) is 0 Å². The van der Waals surface area contributed by atoms with Crippen LogP contribution in [0.3, 0.4) is 0 Å².